The number of hydrogen-bond donors (Lipinski definition) is 0. The summed E-state index contributed by atoms with van der Waals surface area (Å²) in [5.74, 6) is 0.898. The van der Waals surface area contributed by atoms with Gasteiger partial charge in [0.15, 0.2) is 5.65 Å². The van der Waals surface area contributed by atoms with Crippen LogP contribution in [0.25, 0.3) is 16.8 Å². The number of fused-ring (bicyclic) bond motifs is 1. The van der Waals surface area contributed by atoms with Crippen molar-refractivity contribution in [3.05, 3.63) is 52.5 Å². The summed E-state index contributed by atoms with van der Waals surface area (Å²) in [5, 5.41) is 12.8. The van der Waals surface area contributed by atoms with Crippen molar-refractivity contribution < 1.29 is 9.47 Å². The largest absolute Gasteiger partial charge is 0.467 e. The summed E-state index contributed by atoms with van der Waals surface area (Å²) < 4.78 is 12.4. The van der Waals surface area contributed by atoms with Crippen molar-refractivity contribution in [2.75, 3.05) is 7.11 Å². The lowest BCUT2D eigenvalue weighted by Crippen LogP contribution is -2.00. The quantitative estimate of drug-likeness (QED) is 0.509. The van der Waals surface area contributed by atoms with Crippen molar-refractivity contribution in [2.24, 2.45) is 0 Å². The Hall–Kier alpha value is -2.97. The van der Waals surface area contributed by atoms with E-state index in [2.05, 4.69) is 25.3 Å². The molecule has 3 aromatic heterocycles. The van der Waals surface area contributed by atoms with Crippen LogP contribution in [0, 0.1) is 6.92 Å². The average molecular weight is 403 g/mol. The van der Waals surface area contributed by atoms with E-state index >= 15 is 0 Å². The number of nitrogens with zero attached hydrogens (tertiary/aromatic N) is 6. The molecular weight excluding hydrogens is 391 g/mol. The summed E-state index contributed by atoms with van der Waals surface area (Å²) in [5.41, 5.74) is 2.74. The smallest absolute Gasteiger partial charge is 0.316 e. The Morgan fingerprint density at radius 2 is 1.81 bits per heavy atom. The van der Waals surface area contributed by atoms with Crippen molar-refractivity contribution in [2.45, 2.75) is 6.92 Å². The Morgan fingerprint density at radius 1 is 1.04 bits per heavy atom. The zero-order valence-electron chi connectivity index (χ0n) is 14.2. The number of hydrogen-bond acceptors (Lipinski definition) is 7. The summed E-state index contributed by atoms with van der Waals surface area (Å²) in [6.45, 7) is 1.86. The highest BCUT2D eigenvalue weighted by molar-refractivity contribution is 6.31. The number of rotatable bonds is 4. The minimum absolute atomic E-state index is 0.148. The van der Waals surface area contributed by atoms with E-state index in [-0.39, 0.29) is 11.3 Å². The summed E-state index contributed by atoms with van der Waals surface area (Å²) >= 11 is 12.2. The normalized spacial score (nSPS) is 11.0. The fraction of sp³-hybridized carbons (Fsp3) is 0.118. The minimum Gasteiger partial charge on any atom is -0.467 e. The van der Waals surface area contributed by atoms with Crippen LogP contribution in [0.15, 0.2) is 36.7 Å². The van der Waals surface area contributed by atoms with Gasteiger partial charge in [-0.2, -0.15) is 4.52 Å². The lowest BCUT2D eigenvalue weighted by atomic mass is 10.1. The predicted octanol–water partition coefficient (Wildman–Crippen LogP) is 4.00. The second-order valence-electron chi connectivity index (χ2n) is 5.57. The molecule has 4 aromatic rings. The molecule has 0 saturated heterocycles. The molecule has 8 nitrogen and oxygen atoms in total. The van der Waals surface area contributed by atoms with Gasteiger partial charge in [0.1, 0.15) is 5.75 Å². The monoisotopic (exact) mass is 402 g/mol. The third-order valence-corrected chi connectivity index (χ3v) is 4.24. The lowest BCUT2D eigenvalue weighted by molar-refractivity contribution is 0.380. The van der Waals surface area contributed by atoms with E-state index in [4.69, 9.17) is 32.7 Å². The predicted molar refractivity (Wildman–Crippen MR) is 99.6 cm³/mol. The molecule has 0 saturated carbocycles. The summed E-state index contributed by atoms with van der Waals surface area (Å²) in [4.78, 5) is 8.26. The Kier molecular flexibility index (Phi) is 4.51. The third-order valence-electron chi connectivity index (χ3n) is 3.77. The topological polar surface area (TPSA) is 87.3 Å². The van der Waals surface area contributed by atoms with Gasteiger partial charge in [0.2, 0.25) is 11.2 Å². The fourth-order valence-electron chi connectivity index (χ4n) is 2.46. The first-order valence-corrected chi connectivity index (χ1v) is 8.53. The summed E-state index contributed by atoms with van der Waals surface area (Å²) in [7, 11) is 1.50. The van der Waals surface area contributed by atoms with E-state index in [0.29, 0.717) is 27.9 Å². The molecule has 0 atom stereocenters. The maximum Gasteiger partial charge on any atom is 0.316 e. The first kappa shape index (κ1) is 17.4. The van der Waals surface area contributed by atoms with Gasteiger partial charge in [0, 0.05) is 34.1 Å². The van der Waals surface area contributed by atoms with Crippen molar-refractivity contribution in [1.29, 1.82) is 0 Å². The van der Waals surface area contributed by atoms with Crippen LogP contribution in [-0.4, -0.2) is 36.9 Å². The van der Waals surface area contributed by atoms with Crippen LogP contribution in [0.3, 0.4) is 0 Å². The molecule has 0 fully saturated rings. The Balaban J connectivity index is 1.78. The van der Waals surface area contributed by atoms with Crippen LogP contribution in [0.4, 0.5) is 0 Å². The first-order chi connectivity index (χ1) is 13.0. The molecular formula is C17H12Cl2N6O2. The molecule has 27 heavy (non-hydrogen) atoms. The van der Waals surface area contributed by atoms with Crippen LogP contribution in [0.2, 0.25) is 10.3 Å². The van der Waals surface area contributed by atoms with Crippen LogP contribution in [-0.2, 0) is 0 Å². The molecule has 10 heteroatoms. The SMILES string of the molecule is COc1ncc(-c2cc(Cl)ccc2Oc2nn3c(Cl)nnc3cc2C)cn1. The Labute approximate surface area is 163 Å². The summed E-state index contributed by atoms with van der Waals surface area (Å²) in [6.07, 6.45) is 3.26. The highest BCUT2D eigenvalue weighted by Crippen LogP contribution is 2.35. The fourth-order valence-corrected chi connectivity index (χ4v) is 2.80. The number of halogens is 2. The molecule has 0 aliphatic rings. The molecule has 0 bridgehead atoms. The number of benzene rings is 1. The van der Waals surface area contributed by atoms with Crippen molar-refractivity contribution in [3.8, 4) is 28.8 Å². The maximum absolute atomic E-state index is 6.17. The lowest BCUT2D eigenvalue weighted by Gasteiger charge is -2.12. The zero-order chi connectivity index (χ0) is 19.0. The van der Waals surface area contributed by atoms with Gasteiger partial charge in [-0.1, -0.05) is 11.6 Å². The van der Waals surface area contributed by atoms with Crippen molar-refractivity contribution >= 4 is 28.8 Å². The summed E-state index contributed by atoms with van der Waals surface area (Å²) in [6, 6.07) is 7.30. The average Bonchev–Trinajstić information content (AvgIpc) is 3.03. The van der Waals surface area contributed by atoms with Gasteiger partial charge in [-0.15, -0.1) is 15.3 Å². The van der Waals surface area contributed by atoms with Crippen LogP contribution < -0.4 is 9.47 Å². The van der Waals surface area contributed by atoms with Gasteiger partial charge >= 0.3 is 6.01 Å². The van der Waals surface area contributed by atoms with E-state index in [9.17, 15) is 0 Å². The van der Waals surface area contributed by atoms with Crippen molar-refractivity contribution in [3.63, 3.8) is 0 Å². The highest BCUT2D eigenvalue weighted by atomic mass is 35.5. The van der Waals surface area contributed by atoms with E-state index in [1.165, 1.54) is 11.6 Å². The van der Waals surface area contributed by atoms with Gasteiger partial charge < -0.3 is 9.47 Å². The number of ether oxygens (including phenoxy) is 2. The maximum atomic E-state index is 6.17. The number of aromatic nitrogens is 6. The molecule has 0 unspecified atom stereocenters. The van der Waals surface area contributed by atoms with E-state index in [1.54, 1.807) is 36.7 Å². The highest BCUT2D eigenvalue weighted by Gasteiger charge is 2.14. The third kappa shape index (κ3) is 3.36. The van der Waals surface area contributed by atoms with Gasteiger partial charge in [-0.25, -0.2) is 9.97 Å². The van der Waals surface area contributed by atoms with E-state index < -0.39 is 0 Å². The minimum atomic E-state index is 0.148. The second kappa shape index (κ2) is 6.98. The van der Waals surface area contributed by atoms with Crippen molar-refractivity contribution in [1.82, 2.24) is 29.8 Å². The van der Waals surface area contributed by atoms with Gasteiger partial charge in [0.25, 0.3) is 0 Å². The second-order valence-corrected chi connectivity index (χ2v) is 6.35. The molecule has 0 aliphatic heterocycles. The Morgan fingerprint density at radius 3 is 2.56 bits per heavy atom. The number of methoxy groups -OCH3 is 1. The van der Waals surface area contributed by atoms with Crippen LogP contribution in [0.1, 0.15) is 5.56 Å². The van der Waals surface area contributed by atoms with Gasteiger partial charge in [-0.05, 0) is 42.8 Å². The zero-order valence-corrected chi connectivity index (χ0v) is 15.7. The van der Waals surface area contributed by atoms with E-state index in [0.717, 1.165) is 11.1 Å². The molecule has 0 amide bonds. The first-order valence-electron chi connectivity index (χ1n) is 7.77. The number of aryl methyl sites for hydroxylation is 1. The van der Waals surface area contributed by atoms with Crippen LogP contribution in [0.5, 0.6) is 17.6 Å². The molecule has 0 N–H and O–H groups in total. The molecule has 1 aromatic carbocycles. The molecule has 0 radical (unpaired) electrons. The molecule has 0 spiro atoms. The standard InChI is InChI=1S/C17H12Cl2N6O2/c1-9-5-14-22-23-16(19)25(14)24-15(9)27-13-4-3-11(18)6-12(13)10-7-20-17(26-2)21-8-10/h3-8H,1-2H3. The van der Waals surface area contributed by atoms with Gasteiger partial charge in [0.05, 0.1) is 7.11 Å². The molecule has 0 aliphatic carbocycles. The molecule has 4 rings (SSSR count). The van der Waals surface area contributed by atoms with Crippen LogP contribution >= 0.6 is 23.2 Å². The van der Waals surface area contributed by atoms with Gasteiger partial charge in [-0.3, -0.25) is 0 Å². The molecule has 136 valence electrons. The van der Waals surface area contributed by atoms with E-state index in [1.807, 2.05) is 6.92 Å². The molecule has 3 heterocycles. The Bertz CT molecular complexity index is 1130.